The molecule has 0 aromatic heterocycles. The van der Waals surface area contributed by atoms with Gasteiger partial charge >= 0.3 is 0 Å². The van der Waals surface area contributed by atoms with E-state index in [1.54, 1.807) is 12.1 Å². The average Bonchev–Trinajstić information content (AvgIpc) is 2.71. The van der Waals surface area contributed by atoms with E-state index in [4.69, 9.17) is 0 Å². The quantitative estimate of drug-likeness (QED) is 0.825. The van der Waals surface area contributed by atoms with Crippen molar-refractivity contribution >= 4 is 25.7 Å². The van der Waals surface area contributed by atoms with E-state index in [0.717, 1.165) is 11.8 Å². The third-order valence-corrected chi connectivity index (χ3v) is 5.40. The van der Waals surface area contributed by atoms with Crippen LogP contribution in [0.2, 0.25) is 0 Å². The zero-order valence-corrected chi connectivity index (χ0v) is 12.2. The Hall–Kier alpha value is -1.12. The first-order valence-electron chi connectivity index (χ1n) is 5.82. The van der Waals surface area contributed by atoms with Crippen LogP contribution < -0.4 is 9.03 Å². The number of rotatable bonds is 5. The first kappa shape index (κ1) is 14.3. The van der Waals surface area contributed by atoms with Crippen LogP contribution >= 0.6 is 0 Å². The molecule has 0 saturated heterocycles. The highest BCUT2D eigenvalue weighted by Gasteiger charge is 2.28. The van der Waals surface area contributed by atoms with Gasteiger partial charge in [-0.05, 0) is 18.1 Å². The van der Waals surface area contributed by atoms with Gasteiger partial charge in [0.05, 0.1) is 17.7 Å². The van der Waals surface area contributed by atoms with Crippen molar-refractivity contribution in [1.82, 2.24) is 4.72 Å². The van der Waals surface area contributed by atoms with Gasteiger partial charge < -0.3 is 0 Å². The van der Waals surface area contributed by atoms with Crippen LogP contribution in [0.3, 0.4) is 0 Å². The highest BCUT2D eigenvalue weighted by atomic mass is 32.2. The van der Waals surface area contributed by atoms with Gasteiger partial charge in [0, 0.05) is 13.1 Å². The van der Waals surface area contributed by atoms with Gasteiger partial charge in [-0.25, -0.2) is 21.6 Å². The maximum Gasteiger partial charge on any atom is 0.236 e. The molecule has 1 aliphatic heterocycles. The molecule has 0 radical (unpaired) electrons. The van der Waals surface area contributed by atoms with Crippen molar-refractivity contribution in [3.8, 4) is 0 Å². The molecule has 106 valence electrons. The van der Waals surface area contributed by atoms with Gasteiger partial charge in [0.25, 0.3) is 0 Å². The van der Waals surface area contributed by atoms with Crippen LogP contribution in [0.15, 0.2) is 24.3 Å². The number of para-hydroxylation sites is 1. The summed E-state index contributed by atoms with van der Waals surface area (Å²) in [5, 5.41) is 0. The van der Waals surface area contributed by atoms with Crippen molar-refractivity contribution in [2.75, 3.05) is 29.4 Å². The fraction of sp³-hybridized carbons (Fsp3) is 0.455. The fourth-order valence-corrected chi connectivity index (χ4v) is 4.09. The molecule has 2 rings (SSSR count). The lowest BCUT2D eigenvalue weighted by Gasteiger charge is -2.19. The van der Waals surface area contributed by atoms with Crippen LogP contribution in [-0.4, -0.2) is 41.9 Å². The topological polar surface area (TPSA) is 83.5 Å². The number of fused-ring (bicyclic) bond motifs is 1. The summed E-state index contributed by atoms with van der Waals surface area (Å²) >= 11 is 0. The Bertz CT molecular complexity index is 668. The summed E-state index contributed by atoms with van der Waals surface area (Å²) in [5.41, 5.74) is 1.70. The van der Waals surface area contributed by atoms with E-state index in [1.807, 2.05) is 12.1 Å². The molecule has 1 aromatic carbocycles. The summed E-state index contributed by atoms with van der Waals surface area (Å²) in [4.78, 5) is 0. The van der Waals surface area contributed by atoms with Crippen molar-refractivity contribution in [1.29, 1.82) is 0 Å². The van der Waals surface area contributed by atoms with E-state index in [2.05, 4.69) is 4.72 Å². The van der Waals surface area contributed by atoms with Crippen molar-refractivity contribution in [2.45, 2.75) is 6.42 Å². The Kier molecular flexibility index (Phi) is 3.84. The molecule has 0 bridgehead atoms. The minimum Gasteiger partial charge on any atom is -0.270 e. The SMILES string of the molecule is CS(=O)(=O)NCCS(=O)(=O)N1CCc2ccccc21. The number of nitrogens with zero attached hydrogens (tertiary/aromatic N) is 1. The third kappa shape index (κ3) is 3.46. The molecule has 8 heteroatoms. The summed E-state index contributed by atoms with van der Waals surface area (Å²) in [6.07, 6.45) is 1.69. The second-order valence-electron chi connectivity index (χ2n) is 4.43. The number of hydrogen-bond acceptors (Lipinski definition) is 4. The van der Waals surface area contributed by atoms with Gasteiger partial charge in [-0.1, -0.05) is 18.2 Å². The minimum atomic E-state index is -3.49. The van der Waals surface area contributed by atoms with E-state index >= 15 is 0 Å². The van der Waals surface area contributed by atoms with Crippen molar-refractivity contribution in [3.05, 3.63) is 29.8 Å². The van der Waals surface area contributed by atoms with Gasteiger partial charge in [-0.15, -0.1) is 0 Å². The summed E-state index contributed by atoms with van der Waals surface area (Å²) in [5.74, 6) is -0.242. The number of nitrogens with one attached hydrogen (secondary N) is 1. The largest absolute Gasteiger partial charge is 0.270 e. The maximum absolute atomic E-state index is 12.2. The molecule has 0 atom stereocenters. The van der Waals surface area contributed by atoms with Crippen LogP contribution in [0.1, 0.15) is 5.56 Å². The van der Waals surface area contributed by atoms with Gasteiger partial charge in [0.15, 0.2) is 0 Å². The Morgan fingerprint density at radius 2 is 1.89 bits per heavy atom. The van der Waals surface area contributed by atoms with Crippen LogP contribution in [-0.2, 0) is 26.5 Å². The summed E-state index contributed by atoms with van der Waals surface area (Å²) in [7, 11) is -6.85. The summed E-state index contributed by atoms with van der Waals surface area (Å²) in [6.45, 7) is 0.306. The maximum atomic E-state index is 12.2. The number of sulfonamides is 2. The Morgan fingerprint density at radius 1 is 1.21 bits per heavy atom. The van der Waals surface area contributed by atoms with Gasteiger partial charge in [-0.2, -0.15) is 0 Å². The predicted molar refractivity (Wildman–Crippen MR) is 74.1 cm³/mol. The predicted octanol–water partition coefficient (Wildman–Crippen LogP) is -0.0719. The summed E-state index contributed by atoms with van der Waals surface area (Å²) in [6, 6.07) is 7.34. The fourth-order valence-electron chi connectivity index (χ4n) is 2.06. The molecule has 0 aliphatic carbocycles. The number of anilines is 1. The highest BCUT2D eigenvalue weighted by molar-refractivity contribution is 7.93. The van der Waals surface area contributed by atoms with Crippen LogP contribution in [0.4, 0.5) is 5.69 Å². The third-order valence-electron chi connectivity index (χ3n) is 2.90. The van der Waals surface area contributed by atoms with Gasteiger partial charge in [-0.3, -0.25) is 4.31 Å². The zero-order valence-electron chi connectivity index (χ0n) is 10.5. The van der Waals surface area contributed by atoms with Crippen LogP contribution in [0.5, 0.6) is 0 Å². The second-order valence-corrected chi connectivity index (χ2v) is 8.28. The molecule has 0 saturated carbocycles. The number of hydrogen-bond donors (Lipinski definition) is 1. The molecular formula is C11H16N2O4S2. The van der Waals surface area contributed by atoms with E-state index in [9.17, 15) is 16.8 Å². The van der Waals surface area contributed by atoms with E-state index < -0.39 is 20.0 Å². The lowest BCUT2D eigenvalue weighted by molar-refractivity contribution is 0.584. The van der Waals surface area contributed by atoms with Crippen molar-refractivity contribution in [3.63, 3.8) is 0 Å². The summed E-state index contributed by atoms with van der Waals surface area (Å²) < 4.78 is 49.7. The second kappa shape index (κ2) is 5.10. The van der Waals surface area contributed by atoms with Gasteiger partial charge in [0.2, 0.25) is 20.0 Å². The first-order chi connectivity index (χ1) is 8.80. The van der Waals surface area contributed by atoms with E-state index in [-0.39, 0.29) is 12.3 Å². The number of benzene rings is 1. The lowest BCUT2D eigenvalue weighted by Crippen LogP contribution is -2.36. The first-order valence-corrected chi connectivity index (χ1v) is 9.33. The molecule has 1 aromatic rings. The normalized spacial score (nSPS) is 15.5. The molecule has 0 spiro atoms. The molecule has 0 fully saturated rings. The van der Waals surface area contributed by atoms with Crippen LogP contribution in [0.25, 0.3) is 0 Å². The van der Waals surface area contributed by atoms with Crippen molar-refractivity contribution < 1.29 is 16.8 Å². The molecule has 1 N–H and O–H groups in total. The lowest BCUT2D eigenvalue weighted by atomic mass is 10.2. The van der Waals surface area contributed by atoms with E-state index in [1.165, 1.54) is 4.31 Å². The average molecular weight is 304 g/mol. The minimum absolute atomic E-state index is 0.111. The Labute approximate surface area is 113 Å². The molecule has 1 aliphatic rings. The zero-order chi connectivity index (χ0) is 14.1. The standard InChI is InChI=1S/C11H16N2O4S2/c1-18(14,15)12-7-9-19(16,17)13-8-6-10-4-2-3-5-11(10)13/h2-5,12H,6-9H2,1H3. The molecule has 6 nitrogen and oxygen atoms in total. The molecule has 0 amide bonds. The molecule has 19 heavy (non-hydrogen) atoms. The monoisotopic (exact) mass is 304 g/mol. The molecular weight excluding hydrogens is 288 g/mol. The molecule has 1 heterocycles. The van der Waals surface area contributed by atoms with Gasteiger partial charge in [0.1, 0.15) is 0 Å². The van der Waals surface area contributed by atoms with E-state index in [0.29, 0.717) is 18.7 Å². The molecule has 0 unspecified atom stereocenters. The Morgan fingerprint density at radius 3 is 2.58 bits per heavy atom. The Balaban J connectivity index is 2.10. The smallest absolute Gasteiger partial charge is 0.236 e. The highest BCUT2D eigenvalue weighted by Crippen LogP contribution is 2.29. The van der Waals surface area contributed by atoms with Crippen molar-refractivity contribution in [2.24, 2.45) is 0 Å². The van der Waals surface area contributed by atoms with Crippen LogP contribution in [0, 0.1) is 0 Å².